The molecule has 3 heterocycles. The van der Waals surface area contributed by atoms with Gasteiger partial charge in [0.15, 0.2) is 0 Å². The second kappa shape index (κ2) is 7.00. The van der Waals surface area contributed by atoms with Gasteiger partial charge in [0, 0.05) is 28.9 Å². The molecular weight excluding hydrogens is 384 g/mol. The zero-order valence-electron chi connectivity index (χ0n) is 17.7. The van der Waals surface area contributed by atoms with Gasteiger partial charge in [0.1, 0.15) is 17.2 Å². The first-order chi connectivity index (χ1) is 14.1. The highest BCUT2D eigenvalue weighted by Gasteiger charge is 2.33. The van der Waals surface area contributed by atoms with Gasteiger partial charge in [0.25, 0.3) is 0 Å². The van der Waals surface area contributed by atoms with Crippen molar-refractivity contribution in [1.29, 1.82) is 0 Å². The zero-order valence-corrected chi connectivity index (χ0v) is 17.7. The van der Waals surface area contributed by atoms with Crippen molar-refractivity contribution in [2.75, 3.05) is 6.54 Å². The van der Waals surface area contributed by atoms with E-state index in [1.54, 1.807) is 12.3 Å². The summed E-state index contributed by atoms with van der Waals surface area (Å²) in [4.78, 5) is 38.6. The number of carbonyl (C=O) groups is 2. The SMILES string of the molecule is Cc1c(CC(=O)N2CCC[C@@H]2C(N)=O)c(=O)oc2cc3occ(C(C)(C)C)c3cc12. The largest absolute Gasteiger partial charge is 0.464 e. The Bertz CT molecular complexity index is 1230. The number of nitrogens with zero attached hydrogens (tertiary/aromatic N) is 1. The number of furan rings is 1. The second-order valence-corrected chi connectivity index (χ2v) is 9.06. The maximum Gasteiger partial charge on any atom is 0.340 e. The number of aryl methyl sites for hydroxylation is 1. The van der Waals surface area contributed by atoms with Crippen LogP contribution in [-0.4, -0.2) is 29.3 Å². The zero-order chi connectivity index (χ0) is 21.8. The highest BCUT2D eigenvalue weighted by molar-refractivity contribution is 5.97. The van der Waals surface area contributed by atoms with Gasteiger partial charge >= 0.3 is 5.63 Å². The molecule has 1 atom stereocenters. The number of primary amides is 1. The third-order valence-electron chi connectivity index (χ3n) is 6.02. The van der Waals surface area contributed by atoms with Crippen LogP contribution < -0.4 is 11.4 Å². The van der Waals surface area contributed by atoms with E-state index in [9.17, 15) is 14.4 Å². The topological polar surface area (TPSA) is 107 Å². The van der Waals surface area contributed by atoms with Crippen LogP contribution in [0.4, 0.5) is 0 Å². The van der Waals surface area contributed by atoms with Crippen molar-refractivity contribution in [3.63, 3.8) is 0 Å². The Balaban J connectivity index is 1.79. The quantitative estimate of drug-likeness (QED) is 0.668. The maximum absolute atomic E-state index is 12.8. The number of nitrogens with two attached hydrogens (primary N) is 1. The molecule has 0 radical (unpaired) electrons. The Morgan fingerprint density at radius 3 is 2.60 bits per heavy atom. The van der Waals surface area contributed by atoms with Gasteiger partial charge in [0.2, 0.25) is 11.8 Å². The van der Waals surface area contributed by atoms with Crippen LogP contribution in [0.1, 0.15) is 50.3 Å². The molecule has 0 unspecified atom stereocenters. The van der Waals surface area contributed by atoms with Gasteiger partial charge in [0.05, 0.1) is 18.2 Å². The molecule has 7 heteroatoms. The van der Waals surface area contributed by atoms with E-state index in [1.807, 2.05) is 13.0 Å². The maximum atomic E-state index is 12.8. The summed E-state index contributed by atoms with van der Waals surface area (Å²) in [6, 6.07) is 3.08. The molecule has 7 nitrogen and oxygen atoms in total. The van der Waals surface area contributed by atoms with E-state index < -0.39 is 17.6 Å². The van der Waals surface area contributed by atoms with Gasteiger partial charge in [-0.1, -0.05) is 20.8 Å². The summed E-state index contributed by atoms with van der Waals surface area (Å²) in [5, 5.41) is 1.72. The predicted molar refractivity (Wildman–Crippen MR) is 113 cm³/mol. The summed E-state index contributed by atoms with van der Waals surface area (Å²) in [6.45, 7) is 8.60. The number of rotatable bonds is 3. The molecule has 0 aliphatic carbocycles. The number of amides is 2. The van der Waals surface area contributed by atoms with Crippen LogP contribution in [0.3, 0.4) is 0 Å². The second-order valence-electron chi connectivity index (χ2n) is 9.06. The molecule has 0 bridgehead atoms. The van der Waals surface area contributed by atoms with Crippen molar-refractivity contribution in [1.82, 2.24) is 4.90 Å². The van der Waals surface area contributed by atoms with Crippen molar-refractivity contribution in [2.24, 2.45) is 5.73 Å². The Morgan fingerprint density at radius 1 is 1.20 bits per heavy atom. The van der Waals surface area contributed by atoms with Gasteiger partial charge in [-0.25, -0.2) is 4.79 Å². The summed E-state index contributed by atoms with van der Waals surface area (Å²) in [7, 11) is 0. The van der Waals surface area contributed by atoms with Gasteiger partial charge < -0.3 is 19.5 Å². The van der Waals surface area contributed by atoms with Crippen LogP contribution >= 0.6 is 0 Å². The first kappa shape index (κ1) is 20.2. The van der Waals surface area contributed by atoms with E-state index in [-0.39, 0.29) is 17.7 Å². The van der Waals surface area contributed by atoms with Crippen LogP contribution in [0.2, 0.25) is 0 Å². The highest BCUT2D eigenvalue weighted by atomic mass is 16.4. The molecule has 3 aromatic rings. The van der Waals surface area contributed by atoms with Gasteiger partial charge in [-0.15, -0.1) is 0 Å². The van der Waals surface area contributed by atoms with E-state index in [4.69, 9.17) is 14.6 Å². The molecule has 2 amide bonds. The van der Waals surface area contributed by atoms with Crippen molar-refractivity contribution in [2.45, 2.75) is 58.4 Å². The first-order valence-electron chi connectivity index (χ1n) is 10.1. The smallest absolute Gasteiger partial charge is 0.340 e. The van der Waals surface area contributed by atoms with Crippen molar-refractivity contribution < 1.29 is 18.4 Å². The predicted octanol–water partition coefficient (Wildman–Crippen LogP) is 3.16. The molecule has 2 aromatic heterocycles. The molecule has 2 N–H and O–H groups in total. The summed E-state index contributed by atoms with van der Waals surface area (Å²) in [5.74, 6) is -0.800. The average Bonchev–Trinajstić information content (AvgIpc) is 3.30. The van der Waals surface area contributed by atoms with E-state index in [1.165, 1.54) is 4.90 Å². The Labute approximate surface area is 173 Å². The van der Waals surface area contributed by atoms with Gasteiger partial charge in [-0.05, 0) is 36.8 Å². The molecule has 1 fully saturated rings. The van der Waals surface area contributed by atoms with Crippen LogP contribution in [0.15, 0.2) is 32.0 Å². The molecular formula is C23H26N2O5. The minimum absolute atomic E-state index is 0.110. The van der Waals surface area contributed by atoms with Crippen molar-refractivity contribution in [3.05, 3.63) is 45.5 Å². The molecule has 1 aromatic carbocycles. The normalized spacial score (nSPS) is 17.2. The first-order valence-corrected chi connectivity index (χ1v) is 10.1. The molecule has 158 valence electrons. The number of carbonyl (C=O) groups excluding carboxylic acids is 2. The van der Waals surface area contributed by atoms with Gasteiger partial charge in [-0.3, -0.25) is 9.59 Å². The minimum atomic E-state index is -0.606. The fourth-order valence-electron chi connectivity index (χ4n) is 4.31. The van der Waals surface area contributed by atoms with E-state index in [0.29, 0.717) is 35.3 Å². The van der Waals surface area contributed by atoms with Crippen LogP contribution in [0.5, 0.6) is 0 Å². The lowest BCUT2D eigenvalue weighted by Crippen LogP contribution is -2.44. The third kappa shape index (κ3) is 3.28. The number of likely N-dealkylation sites (tertiary alicyclic amines) is 1. The molecule has 1 aliphatic rings. The van der Waals surface area contributed by atoms with Crippen molar-refractivity contribution in [3.8, 4) is 0 Å². The third-order valence-corrected chi connectivity index (χ3v) is 6.02. The highest BCUT2D eigenvalue weighted by Crippen LogP contribution is 2.35. The molecule has 0 saturated carbocycles. The molecule has 0 spiro atoms. The lowest BCUT2D eigenvalue weighted by Gasteiger charge is -2.22. The van der Waals surface area contributed by atoms with E-state index in [2.05, 4.69) is 20.8 Å². The molecule has 1 aliphatic heterocycles. The molecule has 4 rings (SSSR count). The Hall–Kier alpha value is -3.09. The Morgan fingerprint density at radius 2 is 1.93 bits per heavy atom. The van der Waals surface area contributed by atoms with Crippen LogP contribution in [0.25, 0.3) is 21.9 Å². The summed E-state index contributed by atoms with van der Waals surface area (Å²) in [6.07, 6.45) is 2.89. The number of benzene rings is 1. The summed E-state index contributed by atoms with van der Waals surface area (Å²) in [5.41, 5.74) is 7.91. The van der Waals surface area contributed by atoms with Crippen LogP contribution in [0, 0.1) is 6.92 Å². The number of hydrogen-bond donors (Lipinski definition) is 1. The van der Waals surface area contributed by atoms with E-state index in [0.717, 1.165) is 22.8 Å². The van der Waals surface area contributed by atoms with Gasteiger partial charge in [-0.2, -0.15) is 0 Å². The standard InChI is InChI=1S/C23H26N2O5/c1-12-13-8-15-16(23(2,3)4)11-29-18(15)10-19(13)30-22(28)14(12)9-20(26)25-7-5-6-17(25)21(24)27/h8,10-11,17H,5-7,9H2,1-4H3,(H2,24,27)/t17-/m1/s1. The van der Waals surface area contributed by atoms with Crippen molar-refractivity contribution >= 4 is 33.8 Å². The summed E-state index contributed by atoms with van der Waals surface area (Å²) >= 11 is 0. The minimum Gasteiger partial charge on any atom is -0.464 e. The number of fused-ring (bicyclic) bond motifs is 2. The average molecular weight is 410 g/mol. The lowest BCUT2D eigenvalue weighted by atomic mass is 9.86. The monoisotopic (exact) mass is 410 g/mol. The Kier molecular flexibility index (Phi) is 4.71. The molecule has 30 heavy (non-hydrogen) atoms. The lowest BCUT2D eigenvalue weighted by molar-refractivity contribution is -0.136. The molecule has 1 saturated heterocycles. The van der Waals surface area contributed by atoms with E-state index >= 15 is 0 Å². The van der Waals surface area contributed by atoms with Crippen LogP contribution in [-0.2, 0) is 21.4 Å². The number of hydrogen-bond acceptors (Lipinski definition) is 5. The fourth-order valence-corrected chi connectivity index (χ4v) is 4.31. The fraction of sp³-hybridized carbons (Fsp3) is 0.435. The summed E-state index contributed by atoms with van der Waals surface area (Å²) < 4.78 is 11.2.